The molecule has 170 valence electrons. The number of phenols is 1. The van der Waals surface area contributed by atoms with Crippen molar-refractivity contribution in [2.75, 3.05) is 13.1 Å². The quantitative estimate of drug-likeness (QED) is 0.687. The number of rotatable bonds is 4. The number of nitrogens with one attached hydrogen (secondary N) is 1. The molecule has 3 atom stereocenters. The van der Waals surface area contributed by atoms with E-state index in [4.69, 9.17) is 5.73 Å². The maximum atomic E-state index is 12.6. The lowest BCUT2D eigenvalue weighted by Gasteiger charge is -2.62. The summed E-state index contributed by atoms with van der Waals surface area (Å²) in [4.78, 5) is 30.1. The fourth-order valence-corrected chi connectivity index (χ4v) is 6.58. The SMILES string of the molecule is Cc1ccc(O)cc1C12CCN(CC3CC3)C(C)C1(C)Cc1cc(C(N)=O)c(=O)[nH]c1C2. The Morgan fingerprint density at radius 2 is 2.03 bits per heavy atom. The van der Waals surface area contributed by atoms with E-state index in [1.807, 2.05) is 12.1 Å². The van der Waals surface area contributed by atoms with Crippen LogP contribution in [0, 0.1) is 18.3 Å². The van der Waals surface area contributed by atoms with Gasteiger partial charge in [0.25, 0.3) is 11.5 Å². The van der Waals surface area contributed by atoms with Crippen LogP contribution >= 0.6 is 0 Å². The minimum atomic E-state index is -0.688. The zero-order valence-corrected chi connectivity index (χ0v) is 19.2. The van der Waals surface area contributed by atoms with Crippen LogP contribution in [0.4, 0.5) is 0 Å². The summed E-state index contributed by atoms with van der Waals surface area (Å²) >= 11 is 0. The Kier molecular flexibility index (Phi) is 4.79. The highest BCUT2D eigenvalue weighted by Gasteiger charge is 2.59. The molecule has 1 amide bonds. The molecule has 3 aliphatic rings. The Hall–Kier alpha value is -2.60. The molecule has 5 rings (SSSR count). The lowest BCUT2D eigenvalue weighted by atomic mass is 9.47. The predicted octanol–water partition coefficient (Wildman–Crippen LogP) is 3.03. The molecule has 1 aromatic carbocycles. The van der Waals surface area contributed by atoms with Gasteiger partial charge in [0.1, 0.15) is 11.3 Å². The van der Waals surface area contributed by atoms with Gasteiger partial charge in [-0.2, -0.15) is 0 Å². The summed E-state index contributed by atoms with van der Waals surface area (Å²) in [5.74, 6) is 0.399. The fourth-order valence-electron chi connectivity index (χ4n) is 6.58. The van der Waals surface area contributed by atoms with Gasteiger partial charge >= 0.3 is 0 Å². The molecule has 0 bridgehead atoms. The molecule has 1 aromatic heterocycles. The number of aromatic amines is 1. The highest BCUT2D eigenvalue weighted by molar-refractivity contribution is 5.92. The van der Waals surface area contributed by atoms with Crippen molar-refractivity contribution in [1.82, 2.24) is 9.88 Å². The number of H-pyrrole nitrogens is 1. The standard InChI is InChI=1S/C26H33N3O3/c1-15-4-7-19(30)11-21(15)26-8-9-29(14-17-5-6-17)16(2)25(26,3)12-18-10-20(23(27)31)24(32)28-22(18)13-26/h4,7,10-11,16-17,30H,5-6,8-9,12-14H2,1-3H3,(H2,27,31)(H,28,32). The van der Waals surface area contributed by atoms with Gasteiger partial charge in [0.15, 0.2) is 0 Å². The van der Waals surface area contributed by atoms with Gasteiger partial charge in [-0.15, -0.1) is 0 Å². The highest BCUT2D eigenvalue weighted by Crippen LogP contribution is 2.58. The number of hydrogen-bond donors (Lipinski definition) is 3. The van der Waals surface area contributed by atoms with Gasteiger partial charge in [-0.1, -0.05) is 13.0 Å². The van der Waals surface area contributed by atoms with Crippen LogP contribution in [0.5, 0.6) is 5.75 Å². The van der Waals surface area contributed by atoms with Crippen molar-refractivity contribution in [2.45, 2.75) is 64.3 Å². The number of aromatic nitrogens is 1. The lowest BCUT2D eigenvalue weighted by Crippen LogP contribution is -2.65. The van der Waals surface area contributed by atoms with Gasteiger partial charge in [0.2, 0.25) is 0 Å². The summed E-state index contributed by atoms with van der Waals surface area (Å²) in [5, 5.41) is 10.4. The summed E-state index contributed by atoms with van der Waals surface area (Å²) < 4.78 is 0. The molecule has 1 aliphatic heterocycles. The van der Waals surface area contributed by atoms with E-state index >= 15 is 0 Å². The van der Waals surface area contributed by atoms with Crippen molar-refractivity contribution >= 4 is 5.91 Å². The normalized spacial score (nSPS) is 29.9. The topological polar surface area (TPSA) is 99.4 Å². The lowest BCUT2D eigenvalue weighted by molar-refractivity contribution is -0.0484. The predicted molar refractivity (Wildman–Crippen MR) is 124 cm³/mol. The minimum absolute atomic E-state index is 0.0340. The van der Waals surface area contributed by atoms with Gasteiger partial charge in [-0.25, -0.2) is 0 Å². The third kappa shape index (κ3) is 3.11. The molecule has 6 nitrogen and oxygen atoms in total. The summed E-state index contributed by atoms with van der Waals surface area (Å²) in [6, 6.07) is 7.70. The van der Waals surface area contributed by atoms with Crippen molar-refractivity contribution in [1.29, 1.82) is 0 Å². The van der Waals surface area contributed by atoms with Crippen LogP contribution in [0.1, 0.15) is 65.9 Å². The fraction of sp³-hybridized carbons (Fsp3) is 0.538. The summed E-state index contributed by atoms with van der Waals surface area (Å²) in [5.41, 5.74) is 8.97. The van der Waals surface area contributed by atoms with Crippen LogP contribution in [0.3, 0.4) is 0 Å². The number of nitrogens with zero attached hydrogens (tertiary/aromatic N) is 1. The van der Waals surface area contributed by atoms with E-state index < -0.39 is 11.5 Å². The Labute approximate surface area is 188 Å². The molecule has 2 fully saturated rings. The molecule has 0 radical (unpaired) electrons. The minimum Gasteiger partial charge on any atom is -0.508 e. The first-order valence-electron chi connectivity index (χ1n) is 11.7. The average molecular weight is 436 g/mol. The number of phenolic OH excluding ortho intramolecular Hbond substituents is 1. The number of amides is 1. The number of carbonyl (C=O) groups is 1. The van der Waals surface area contributed by atoms with E-state index in [1.54, 1.807) is 12.1 Å². The number of likely N-dealkylation sites (tertiary alicyclic amines) is 1. The van der Waals surface area contributed by atoms with E-state index in [2.05, 4.69) is 30.7 Å². The molecule has 4 N–H and O–H groups in total. The number of fused-ring (bicyclic) bond motifs is 2. The Morgan fingerprint density at radius 1 is 1.28 bits per heavy atom. The van der Waals surface area contributed by atoms with Crippen molar-refractivity contribution in [3.05, 3.63) is 62.6 Å². The smallest absolute Gasteiger partial charge is 0.261 e. The van der Waals surface area contributed by atoms with E-state index in [0.29, 0.717) is 12.5 Å². The number of carbonyl (C=O) groups excluding carboxylic acids is 1. The van der Waals surface area contributed by atoms with Crippen LogP contribution in [0.25, 0.3) is 0 Å². The van der Waals surface area contributed by atoms with Gasteiger partial charge in [-0.3, -0.25) is 14.5 Å². The Balaban J connectivity index is 1.69. The van der Waals surface area contributed by atoms with Gasteiger partial charge in [-0.05, 0) is 98.7 Å². The number of aryl methyl sites for hydroxylation is 1. The van der Waals surface area contributed by atoms with Gasteiger partial charge in [0.05, 0.1) is 0 Å². The third-order valence-corrected chi connectivity index (χ3v) is 8.83. The molecule has 1 saturated carbocycles. The Bertz CT molecular complexity index is 1150. The summed E-state index contributed by atoms with van der Waals surface area (Å²) in [6.07, 6.45) is 5.03. The number of hydrogen-bond acceptors (Lipinski definition) is 4. The van der Waals surface area contributed by atoms with Gasteiger partial charge < -0.3 is 15.8 Å². The second kappa shape index (κ2) is 7.20. The average Bonchev–Trinajstić information content (AvgIpc) is 3.55. The molecule has 2 aliphatic carbocycles. The molecule has 2 aromatic rings. The number of piperidine rings is 1. The molecular formula is C26H33N3O3. The van der Waals surface area contributed by atoms with Crippen LogP contribution in [0.2, 0.25) is 0 Å². The highest BCUT2D eigenvalue weighted by atomic mass is 16.3. The molecule has 32 heavy (non-hydrogen) atoms. The second-order valence-electron chi connectivity index (χ2n) is 10.6. The largest absolute Gasteiger partial charge is 0.508 e. The van der Waals surface area contributed by atoms with E-state index in [-0.39, 0.29) is 22.1 Å². The first-order valence-corrected chi connectivity index (χ1v) is 11.7. The second-order valence-corrected chi connectivity index (χ2v) is 10.6. The van der Waals surface area contributed by atoms with Crippen LogP contribution < -0.4 is 11.3 Å². The number of benzene rings is 1. The van der Waals surface area contributed by atoms with E-state index in [1.165, 1.54) is 18.4 Å². The van der Waals surface area contributed by atoms with Gasteiger partial charge in [0, 0.05) is 23.7 Å². The molecule has 1 saturated heterocycles. The van der Waals surface area contributed by atoms with Crippen molar-refractivity contribution in [3.8, 4) is 5.75 Å². The monoisotopic (exact) mass is 435 g/mol. The first kappa shape index (κ1) is 21.3. The molecule has 0 spiro atoms. The third-order valence-electron chi connectivity index (χ3n) is 8.83. The zero-order valence-electron chi connectivity index (χ0n) is 19.2. The molecule has 6 heteroatoms. The van der Waals surface area contributed by atoms with Crippen LogP contribution in [0.15, 0.2) is 29.1 Å². The van der Waals surface area contributed by atoms with Crippen molar-refractivity contribution < 1.29 is 9.90 Å². The number of primary amides is 1. The van der Waals surface area contributed by atoms with Crippen molar-refractivity contribution in [3.63, 3.8) is 0 Å². The van der Waals surface area contributed by atoms with Crippen LogP contribution in [-0.2, 0) is 18.3 Å². The van der Waals surface area contributed by atoms with Crippen LogP contribution in [-0.4, -0.2) is 40.0 Å². The number of aromatic hydroxyl groups is 1. The number of nitrogens with two attached hydrogens (primary N) is 1. The van der Waals surface area contributed by atoms with E-state index in [0.717, 1.165) is 48.7 Å². The molecule has 2 heterocycles. The summed E-state index contributed by atoms with van der Waals surface area (Å²) in [6.45, 7) is 8.94. The van der Waals surface area contributed by atoms with Crippen molar-refractivity contribution in [2.24, 2.45) is 17.1 Å². The Morgan fingerprint density at radius 3 is 2.72 bits per heavy atom. The molecular weight excluding hydrogens is 402 g/mol. The van der Waals surface area contributed by atoms with E-state index in [9.17, 15) is 14.7 Å². The maximum Gasteiger partial charge on any atom is 0.261 e. The maximum absolute atomic E-state index is 12.6. The summed E-state index contributed by atoms with van der Waals surface area (Å²) in [7, 11) is 0. The number of pyridine rings is 1. The first-order chi connectivity index (χ1) is 15.1. The zero-order chi connectivity index (χ0) is 22.8. The molecule has 3 unspecified atom stereocenters.